The van der Waals surface area contributed by atoms with Crippen LogP contribution in [0, 0.1) is 10.5 Å². The zero-order valence-electron chi connectivity index (χ0n) is 14.0. The zero-order valence-corrected chi connectivity index (χ0v) is 16.1. The summed E-state index contributed by atoms with van der Waals surface area (Å²) < 4.78 is 2.98. The maximum Gasteiger partial charge on any atom is 0.255 e. The first kappa shape index (κ1) is 16.7. The first-order valence-electron chi connectivity index (χ1n) is 8.09. The van der Waals surface area contributed by atoms with Crippen LogP contribution >= 0.6 is 22.6 Å². The third kappa shape index (κ3) is 3.20. The van der Waals surface area contributed by atoms with E-state index in [4.69, 9.17) is 0 Å². The molecule has 0 spiro atoms. The number of hydrogen-bond donors (Lipinski definition) is 1. The van der Waals surface area contributed by atoms with Gasteiger partial charge in [-0.3, -0.25) is 9.20 Å². The lowest BCUT2D eigenvalue weighted by atomic mass is 10.1. The summed E-state index contributed by atoms with van der Waals surface area (Å²) in [6, 6.07) is 17.1. The molecule has 2 heterocycles. The minimum Gasteiger partial charge on any atom is -0.322 e. The SMILES string of the molecule is Cc1c(-c2cccc(NC(=O)c3cccc(I)c3)c2)nc2ncccn12. The van der Waals surface area contributed by atoms with Crippen molar-refractivity contribution in [3.63, 3.8) is 0 Å². The fourth-order valence-electron chi connectivity index (χ4n) is 2.85. The van der Waals surface area contributed by atoms with E-state index >= 15 is 0 Å². The predicted octanol–water partition coefficient (Wildman–Crippen LogP) is 4.56. The number of nitrogens with one attached hydrogen (secondary N) is 1. The van der Waals surface area contributed by atoms with Gasteiger partial charge in [-0.25, -0.2) is 9.97 Å². The van der Waals surface area contributed by atoms with Crippen molar-refractivity contribution in [1.82, 2.24) is 14.4 Å². The van der Waals surface area contributed by atoms with E-state index in [0.29, 0.717) is 11.3 Å². The molecule has 128 valence electrons. The third-order valence-electron chi connectivity index (χ3n) is 4.12. The Kier molecular flexibility index (Phi) is 4.42. The molecule has 0 atom stereocenters. The van der Waals surface area contributed by atoms with E-state index in [1.54, 1.807) is 12.3 Å². The van der Waals surface area contributed by atoms with Crippen LogP contribution in [0.15, 0.2) is 67.0 Å². The number of amides is 1. The van der Waals surface area contributed by atoms with Gasteiger partial charge in [0, 0.05) is 38.5 Å². The molecule has 1 amide bonds. The molecule has 0 bridgehead atoms. The van der Waals surface area contributed by atoms with Gasteiger partial charge in [-0.15, -0.1) is 0 Å². The van der Waals surface area contributed by atoms with Crippen molar-refractivity contribution in [1.29, 1.82) is 0 Å². The van der Waals surface area contributed by atoms with Crippen LogP contribution in [0.4, 0.5) is 5.69 Å². The zero-order chi connectivity index (χ0) is 18.1. The number of fused-ring (bicyclic) bond motifs is 1. The highest BCUT2D eigenvalue weighted by Crippen LogP contribution is 2.25. The van der Waals surface area contributed by atoms with Crippen LogP contribution in [0.1, 0.15) is 16.1 Å². The number of anilines is 1. The van der Waals surface area contributed by atoms with Crippen LogP contribution in [0.3, 0.4) is 0 Å². The molecule has 0 radical (unpaired) electrons. The number of carbonyl (C=O) groups excluding carboxylic acids is 1. The Bertz CT molecular complexity index is 1120. The highest BCUT2D eigenvalue weighted by molar-refractivity contribution is 14.1. The molecule has 2 aromatic carbocycles. The van der Waals surface area contributed by atoms with Crippen molar-refractivity contribution in [2.45, 2.75) is 6.92 Å². The molecule has 0 unspecified atom stereocenters. The lowest BCUT2D eigenvalue weighted by Gasteiger charge is -2.07. The number of carbonyl (C=O) groups is 1. The molecule has 0 saturated heterocycles. The van der Waals surface area contributed by atoms with E-state index in [9.17, 15) is 4.79 Å². The largest absolute Gasteiger partial charge is 0.322 e. The first-order valence-corrected chi connectivity index (χ1v) is 9.17. The molecular formula is C20H15IN4O. The Morgan fingerprint density at radius 3 is 2.77 bits per heavy atom. The van der Waals surface area contributed by atoms with E-state index in [0.717, 1.165) is 26.2 Å². The van der Waals surface area contributed by atoms with Crippen molar-refractivity contribution < 1.29 is 4.79 Å². The maximum atomic E-state index is 12.5. The fourth-order valence-corrected chi connectivity index (χ4v) is 3.40. The lowest BCUT2D eigenvalue weighted by Crippen LogP contribution is -2.11. The molecule has 0 aliphatic rings. The number of benzene rings is 2. The number of halogens is 1. The highest BCUT2D eigenvalue weighted by atomic mass is 127. The smallest absolute Gasteiger partial charge is 0.255 e. The molecule has 0 saturated carbocycles. The van der Waals surface area contributed by atoms with Gasteiger partial charge < -0.3 is 5.32 Å². The average molecular weight is 454 g/mol. The molecule has 0 aliphatic heterocycles. The quantitative estimate of drug-likeness (QED) is 0.462. The average Bonchev–Trinajstić information content (AvgIpc) is 2.99. The van der Waals surface area contributed by atoms with E-state index in [2.05, 4.69) is 37.9 Å². The van der Waals surface area contributed by atoms with Gasteiger partial charge in [0.25, 0.3) is 5.91 Å². The van der Waals surface area contributed by atoms with Gasteiger partial charge in [-0.05, 0) is 65.9 Å². The molecule has 5 nitrogen and oxygen atoms in total. The minimum atomic E-state index is -0.131. The molecular weight excluding hydrogens is 439 g/mol. The van der Waals surface area contributed by atoms with Gasteiger partial charge in [0.15, 0.2) is 0 Å². The van der Waals surface area contributed by atoms with Crippen LogP contribution in [0.2, 0.25) is 0 Å². The molecule has 1 N–H and O–H groups in total. The lowest BCUT2D eigenvalue weighted by molar-refractivity contribution is 0.102. The Labute approximate surface area is 164 Å². The fraction of sp³-hybridized carbons (Fsp3) is 0.0500. The van der Waals surface area contributed by atoms with E-state index in [1.807, 2.05) is 66.1 Å². The normalized spacial score (nSPS) is 10.8. The summed E-state index contributed by atoms with van der Waals surface area (Å²) in [4.78, 5) is 21.4. The number of hydrogen-bond acceptors (Lipinski definition) is 3. The second-order valence-corrected chi connectivity index (χ2v) is 7.13. The molecule has 2 aromatic heterocycles. The topological polar surface area (TPSA) is 59.3 Å². The number of nitrogens with zero attached hydrogens (tertiary/aromatic N) is 3. The van der Waals surface area contributed by atoms with Crippen molar-refractivity contribution in [2.75, 3.05) is 5.32 Å². The second kappa shape index (κ2) is 6.87. The number of rotatable bonds is 3. The summed E-state index contributed by atoms with van der Waals surface area (Å²) in [7, 11) is 0. The number of imidazole rings is 1. The molecule has 0 fully saturated rings. The monoisotopic (exact) mass is 454 g/mol. The highest BCUT2D eigenvalue weighted by Gasteiger charge is 2.12. The summed E-state index contributed by atoms with van der Waals surface area (Å²) in [5.41, 5.74) is 4.17. The Morgan fingerprint density at radius 2 is 1.96 bits per heavy atom. The Hall–Kier alpha value is -2.74. The van der Waals surface area contributed by atoms with E-state index < -0.39 is 0 Å². The van der Waals surface area contributed by atoms with Gasteiger partial charge in [0.05, 0.1) is 5.69 Å². The van der Waals surface area contributed by atoms with E-state index in [1.165, 1.54) is 0 Å². The Morgan fingerprint density at radius 1 is 1.12 bits per heavy atom. The predicted molar refractivity (Wildman–Crippen MR) is 110 cm³/mol. The van der Waals surface area contributed by atoms with E-state index in [-0.39, 0.29) is 5.91 Å². The van der Waals surface area contributed by atoms with Crippen molar-refractivity contribution in [3.05, 3.63) is 81.8 Å². The van der Waals surface area contributed by atoms with Gasteiger partial charge >= 0.3 is 0 Å². The molecule has 0 aliphatic carbocycles. The van der Waals surface area contributed by atoms with Crippen molar-refractivity contribution in [3.8, 4) is 11.3 Å². The van der Waals surface area contributed by atoms with Gasteiger partial charge in [0.1, 0.15) is 0 Å². The molecule has 4 rings (SSSR count). The van der Waals surface area contributed by atoms with Crippen LogP contribution in [0.5, 0.6) is 0 Å². The number of aromatic nitrogens is 3. The van der Waals surface area contributed by atoms with Crippen LogP contribution in [-0.2, 0) is 0 Å². The van der Waals surface area contributed by atoms with Gasteiger partial charge in [-0.1, -0.05) is 18.2 Å². The maximum absolute atomic E-state index is 12.5. The summed E-state index contributed by atoms with van der Waals surface area (Å²) in [5, 5.41) is 2.96. The van der Waals surface area contributed by atoms with Crippen LogP contribution in [-0.4, -0.2) is 20.3 Å². The van der Waals surface area contributed by atoms with Crippen molar-refractivity contribution in [2.24, 2.45) is 0 Å². The van der Waals surface area contributed by atoms with Crippen LogP contribution in [0.25, 0.3) is 17.0 Å². The third-order valence-corrected chi connectivity index (χ3v) is 4.79. The van der Waals surface area contributed by atoms with Gasteiger partial charge in [-0.2, -0.15) is 0 Å². The first-order chi connectivity index (χ1) is 12.6. The molecule has 4 aromatic rings. The standard InChI is InChI=1S/C20H15IN4O/c1-13-18(24-20-22-9-4-10-25(13)20)14-5-3-8-17(12-14)23-19(26)15-6-2-7-16(21)11-15/h2-12H,1H3,(H,23,26). The summed E-state index contributed by atoms with van der Waals surface area (Å²) in [6.45, 7) is 2.01. The summed E-state index contributed by atoms with van der Waals surface area (Å²) >= 11 is 2.20. The number of aryl methyl sites for hydroxylation is 1. The summed E-state index contributed by atoms with van der Waals surface area (Å²) in [6.07, 6.45) is 3.67. The minimum absolute atomic E-state index is 0.131. The van der Waals surface area contributed by atoms with Crippen molar-refractivity contribution >= 4 is 40.0 Å². The molecule has 6 heteroatoms. The second-order valence-electron chi connectivity index (χ2n) is 5.88. The molecule has 26 heavy (non-hydrogen) atoms. The van der Waals surface area contributed by atoms with Gasteiger partial charge in [0.2, 0.25) is 5.78 Å². The Balaban J connectivity index is 1.66. The summed E-state index contributed by atoms with van der Waals surface area (Å²) in [5.74, 6) is 0.530. The van der Waals surface area contributed by atoms with Crippen LogP contribution < -0.4 is 5.32 Å².